The van der Waals surface area contributed by atoms with Crippen molar-refractivity contribution in [1.82, 2.24) is 5.43 Å². The van der Waals surface area contributed by atoms with Gasteiger partial charge in [0, 0.05) is 10.8 Å². The van der Waals surface area contributed by atoms with Crippen LogP contribution in [-0.2, 0) is 0 Å². The molecule has 1 unspecified atom stereocenters. The Morgan fingerprint density at radius 3 is 2.12 bits per heavy atom. The first-order chi connectivity index (χ1) is 10.9. The lowest BCUT2D eigenvalue weighted by molar-refractivity contribution is 0.224. The number of phenols is 1. The number of nitrogens with one attached hydrogen (secondary N) is 1. The van der Waals surface area contributed by atoms with Gasteiger partial charge >= 0.3 is 0 Å². The number of phenolic OH excluding ortho intramolecular Hbond substituents is 1. The Balaban J connectivity index is 2.25. The molecule has 0 saturated carbocycles. The molecule has 1 atom stereocenters. The quantitative estimate of drug-likeness (QED) is 0.637. The van der Waals surface area contributed by atoms with Crippen LogP contribution in [0, 0.1) is 10.8 Å². The van der Waals surface area contributed by atoms with Crippen LogP contribution in [0.15, 0.2) is 39.4 Å². The maximum atomic E-state index is 9.32. The molecule has 0 spiro atoms. The lowest BCUT2D eigenvalue weighted by Gasteiger charge is -2.33. The molecular formula is C19H28N4O. The highest BCUT2D eigenvalue weighted by molar-refractivity contribution is 6.44. The van der Waals surface area contributed by atoms with E-state index in [1.165, 1.54) is 0 Å². The fourth-order valence-corrected chi connectivity index (χ4v) is 2.23. The van der Waals surface area contributed by atoms with Crippen molar-refractivity contribution in [3.63, 3.8) is 0 Å². The van der Waals surface area contributed by atoms with Crippen LogP contribution in [0.1, 0.15) is 54.0 Å². The van der Waals surface area contributed by atoms with E-state index in [1.807, 2.05) is 0 Å². The summed E-state index contributed by atoms with van der Waals surface area (Å²) in [5, 5.41) is 13.6. The van der Waals surface area contributed by atoms with E-state index in [2.05, 4.69) is 59.0 Å². The normalized spacial score (nSPS) is 21.8. The number of hydrogen-bond acceptors (Lipinski definition) is 5. The molecule has 5 heteroatoms. The second-order valence-electron chi connectivity index (χ2n) is 8.40. The number of nitrogens with zero attached hydrogens (tertiary/aromatic N) is 3. The van der Waals surface area contributed by atoms with Crippen molar-refractivity contribution < 1.29 is 5.11 Å². The van der Waals surface area contributed by atoms with Gasteiger partial charge in [-0.2, -0.15) is 5.10 Å². The summed E-state index contributed by atoms with van der Waals surface area (Å²) in [5.41, 5.74) is 4.16. The molecule has 0 aliphatic carbocycles. The molecule has 1 aromatic carbocycles. The molecule has 1 aromatic rings. The van der Waals surface area contributed by atoms with Crippen LogP contribution in [0.3, 0.4) is 0 Å². The number of hydrazone groups is 1. The van der Waals surface area contributed by atoms with Gasteiger partial charge in [-0.05, 0) is 36.8 Å². The lowest BCUT2D eigenvalue weighted by Crippen LogP contribution is -2.35. The molecule has 5 nitrogen and oxygen atoms in total. The third-order valence-corrected chi connectivity index (χ3v) is 4.29. The molecule has 0 saturated heterocycles. The second kappa shape index (κ2) is 6.04. The van der Waals surface area contributed by atoms with Crippen LogP contribution in [-0.4, -0.2) is 28.5 Å². The number of hydrogen-bond donors (Lipinski definition) is 2. The highest BCUT2D eigenvalue weighted by Gasteiger charge is 2.44. The molecule has 130 valence electrons. The number of rotatable bonds is 2. The highest BCUT2D eigenvalue weighted by atomic mass is 16.3. The van der Waals surface area contributed by atoms with Gasteiger partial charge < -0.3 is 5.11 Å². The minimum Gasteiger partial charge on any atom is -0.508 e. The summed E-state index contributed by atoms with van der Waals surface area (Å²) in [6, 6.07) is 6.87. The monoisotopic (exact) mass is 328 g/mol. The fraction of sp³-hybridized carbons (Fsp3) is 0.526. The average molecular weight is 328 g/mol. The molecule has 0 aromatic heterocycles. The smallest absolute Gasteiger partial charge is 0.166 e. The lowest BCUT2D eigenvalue weighted by atomic mass is 9.82. The predicted octanol–water partition coefficient (Wildman–Crippen LogP) is 3.98. The van der Waals surface area contributed by atoms with Crippen molar-refractivity contribution in [3.05, 3.63) is 29.8 Å². The second-order valence-corrected chi connectivity index (χ2v) is 8.40. The van der Waals surface area contributed by atoms with Crippen molar-refractivity contribution in [3.8, 4) is 5.75 Å². The number of aromatic hydroxyl groups is 1. The van der Waals surface area contributed by atoms with Crippen molar-refractivity contribution in [2.45, 2.75) is 54.1 Å². The summed E-state index contributed by atoms with van der Waals surface area (Å²) in [6.45, 7) is 14.9. The molecule has 0 amide bonds. The summed E-state index contributed by atoms with van der Waals surface area (Å²) < 4.78 is 0. The first-order valence-electron chi connectivity index (χ1n) is 8.21. The van der Waals surface area contributed by atoms with E-state index in [1.54, 1.807) is 30.5 Å². The highest BCUT2D eigenvalue weighted by Crippen LogP contribution is 2.39. The maximum Gasteiger partial charge on any atom is 0.166 e. The third kappa shape index (κ3) is 3.83. The summed E-state index contributed by atoms with van der Waals surface area (Å²) in [6.07, 6.45) is 1.70. The van der Waals surface area contributed by atoms with Crippen LogP contribution in [0.5, 0.6) is 5.75 Å². The molecule has 1 heterocycles. The molecule has 1 aliphatic rings. The standard InChI is InChI=1S/C19H28N4O/c1-17(2,3)15-16(22-19(7,21-15)18(4,5)6)23-20-12-13-8-10-14(24)11-9-13/h8-12,24H,1-7H3,(H,22,23)/b20-12+. The van der Waals surface area contributed by atoms with E-state index < -0.39 is 5.66 Å². The maximum absolute atomic E-state index is 9.32. The van der Waals surface area contributed by atoms with E-state index >= 15 is 0 Å². The molecule has 1 aliphatic heterocycles. The van der Waals surface area contributed by atoms with Crippen LogP contribution < -0.4 is 5.43 Å². The Labute approximate surface area is 144 Å². The summed E-state index contributed by atoms with van der Waals surface area (Å²) in [5.74, 6) is 0.957. The molecule has 2 rings (SSSR count). The van der Waals surface area contributed by atoms with Gasteiger partial charge in [-0.25, -0.2) is 4.99 Å². The van der Waals surface area contributed by atoms with Crippen LogP contribution in [0.2, 0.25) is 0 Å². The first kappa shape index (κ1) is 18.2. The fourth-order valence-electron chi connectivity index (χ4n) is 2.23. The van der Waals surface area contributed by atoms with E-state index in [9.17, 15) is 5.11 Å². The zero-order valence-corrected chi connectivity index (χ0v) is 15.7. The zero-order chi connectivity index (χ0) is 18.2. The number of aliphatic imine (C=N–C) groups is 2. The first-order valence-corrected chi connectivity index (χ1v) is 8.21. The summed E-state index contributed by atoms with van der Waals surface area (Å²) >= 11 is 0. The average Bonchev–Trinajstić information content (AvgIpc) is 2.79. The topological polar surface area (TPSA) is 69.3 Å². The Hall–Kier alpha value is -2.17. The van der Waals surface area contributed by atoms with E-state index in [0.29, 0.717) is 0 Å². The molecular weight excluding hydrogens is 300 g/mol. The van der Waals surface area contributed by atoms with Gasteiger partial charge in [0.15, 0.2) is 11.5 Å². The Morgan fingerprint density at radius 1 is 1.04 bits per heavy atom. The Kier molecular flexibility index (Phi) is 4.57. The van der Waals surface area contributed by atoms with Gasteiger partial charge in [-0.15, -0.1) is 0 Å². The van der Waals surface area contributed by atoms with Crippen LogP contribution in [0.25, 0.3) is 0 Å². The van der Waals surface area contributed by atoms with Gasteiger partial charge in [0.25, 0.3) is 0 Å². The number of amidine groups is 1. The van der Waals surface area contributed by atoms with Crippen LogP contribution in [0.4, 0.5) is 0 Å². The van der Waals surface area contributed by atoms with Crippen molar-refractivity contribution in [2.24, 2.45) is 25.9 Å². The van der Waals surface area contributed by atoms with E-state index in [0.717, 1.165) is 17.1 Å². The third-order valence-electron chi connectivity index (χ3n) is 4.29. The predicted molar refractivity (Wildman–Crippen MR) is 101 cm³/mol. The van der Waals surface area contributed by atoms with Crippen LogP contribution >= 0.6 is 0 Å². The molecule has 24 heavy (non-hydrogen) atoms. The summed E-state index contributed by atoms with van der Waals surface area (Å²) in [7, 11) is 0. The minimum absolute atomic E-state index is 0.0897. The van der Waals surface area contributed by atoms with E-state index in [4.69, 9.17) is 9.98 Å². The SMILES string of the molecule is CC(C)(C)C1=NC(C)(C(C)(C)C)N=C1N/N=C/c1ccc(O)cc1. The minimum atomic E-state index is -0.508. The summed E-state index contributed by atoms with van der Waals surface area (Å²) in [4.78, 5) is 9.76. The van der Waals surface area contributed by atoms with Gasteiger partial charge in [0.05, 0.1) is 11.9 Å². The Morgan fingerprint density at radius 2 is 1.62 bits per heavy atom. The zero-order valence-electron chi connectivity index (χ0n) is 15.7. The number of benzene rings is 1. The van der Waals surface area contributed by atoms with Crippen molar-refractivity contribution >= 4 is 17.8 Å². The largest absolute Gasteiger partial charge is 0.508 e. The van der Waals surface area contributed by atoms with Crippen molar-refractivity contribution in [1.29, 1.82) is 0 Å². The Bertz CT molecular complexity index is 688. The van der Waals surface area contributed by atoms with Gasteiger partial charge in [0.2, 0.25) is 0 Å². The van der Waals surface area contributed by atoms with Crippen molar-refractivity contribution in [2.75, 3.05) is 0 Å². The van der Waals surface area contributed by atoms with Gasteiger partial charge in [0.1, 0.15) is 5.75 Å². The van der Waals surface area contributed by atoms with Gasteiger partial charge in [-0.1, -0.05) is 41.5 Å². The molecule has 2 N–H and O–H groups in total. The van der Waals surface area contributed by atoms with E-state index in [-0.39, 0.29) is 16.6 Å². The molecule has 0 fully saturated rings. The van der Waals surface area contributed by atoms with Gasteiger partial charge in [-0.3, -0.25) is 10.4 Å². The molecule has 0 bridgehead atoms. The molecule has 0 radical (unpaired) electrons.